The lowest BCUT2D eigenvalue weighted by atomic mass is 9.39. The van der Waals surface area contributed by atoms with E-state index >= 15 is 0 Å². The highest BCUT2D eigenvalue weighted by Crippen LogP contribution is 2.78. The molecule has 1 aromatic rings. The van der Waals surface area contributed by atoms with Crippen LogP contribution in [0.2, 0.25) is 0 Å². The summed E-state index contributed by atoms with van der Waals surface area (Å²) in [4.78, 5) is 38.3. The molecule has 9 atom stereocenters. The van der Waals surface area contributed by atoms with Crippen molar-refractivity contribution >= 4 is 17.7 Å². The van der Waals surface area contributed by atoms with Crippen molar-refractivity contribution in [2.75, 3.05) is 0 Å². The Labute approximate surface area is 212 Å². The predicted octanol–water partition coefficient (Wildman–Crippen LogP) is 5.20. The molecule has 7 nitrogen and oxygen atoms in total. The Bertz CT molecular complexity index is 1100. The minimum absolute atomic E-state index is 0.0468. The van der Waals surface area contributed by atoms with Crippen LogP contribution in [0.1, 0.15) is 79.4 Å². The summed E-state index contributed by atoms with van der Waals surface area (Å²) < 4.78 is 23.8. The molecule has 1 aromatic heterocycles. The highest BCUT2D eigenvalue weighted by molar-refractivity contribution is 5.95. The van der Waals surface area contributed by atoms with E-state index < -0.39 is 40.2 Å². The SMILES string of the molecule is CC.CC(=O)O[C@@H]1C[C@@H]2C(C=CC(=O)C2(C)C)[C@H]2CC[C@@]3(C)[C@H](c4ccoc4)OC(=O)[C@H]4O[C@]43[C@@]21C. The number of allylic oxidation sites excluding steroid dienone is 2. The molecular formula is C29H38O7. The third kappa shape index (κ3) is 2.92. The number of ether oxygens (including phenoxy) is 3. The number of cyclic esters (lactones) is 1. The number of hydrogen-bond donors (Lipinski definition) is 0. The van der Waals surface area contributed by atoms with Crippen LogP contribution in [0.15, 0.2) is 35.2 Å². The van der Waals surface area contributed by atoms with E-state index in [0.717, 1.165) is 18.4 Å². The van der Waals surface area contributed by atoms with Gasteiger partial charge in [-0.05, 0) is 49.2 Å². The van der Waals surface area contributed by atoms with Crippen LogP contribution < -0.4 is 0 Å². The molecule has 3 aliphatic carbocycles. The Morgan fingerprint density at radius 3 is 2.44 bits per heavy atom. The lowest BCUT2D eigenvalue weighted by Crippen LogP contribution is -2.70. The number of rotatable bonds is 2. The van der Waals surface area contributed by atoms with E-state index in [9.17, 15) is 14.4 Å². The normalized spacial score (nSPS) is 45.5. The molecule has 1 spiro atoms. The van der Waals surface area contributed by atoms with E-state index in [0.29, 0.717) is 6.42 Å². The number of ketones is 1. The summed E-state index contributed by atoms with van der Waals surface area (Å²) in [7, 11) is 0. The Kier molecular flexibility index (Phi) is 5.64. The molecule has 2 saturated carbocycles. The second kappa shape index (κ2) is 8.04. The molecule has 0 radical (unpaired) electrons. The van der Waals surface area contributed by atoms with Gasteiger partial charge in [0.15, 0.2) is 11.9 Å². The van der Waals surface area contributed by atoms with Crippen molar-refractivity contribution in [2.24, 2.45) is 34.0 Å². The number of hydrogen-bond acceptors (Lipinski definition) is 7. The van der Waals surface area contributed by atoms with Crippen LogP contribution in [-0.4, -0.2) is 35.5 Å². The average Bonchev–Trinajstić information content (AvgIpc) is 3.40. The minimum atomic E-state index is -0.829. The maximum absolute atomic E-state index is 13.2. The van der Waals surface area contributed by atoms with Crippen LogP contribution in [0.4, 0.5) is 0 Å². The first kappa shape index (κ1) is 25.2. The highest BCUT2D eigenvalue weighted by Gasteiger charge is 2.87. The molecule has 36 heavy (non-hydrogen) atoms. The number of epoxide rings is 1. The molecule has 0 bridgehead atoms. The van der Waals surface area contributed by atoms with Gasteiger partial charge in [-0.15, -0.1) is 0 Å². The second-order valence-corrected chi connectivity index (χ2v) is 11.9. The Balaban J connectivity index is 0.00000130. The maximum Gasteiger partial charge on any atom is 0.339 e. The lowest BCUT2D eigenvalue weighted by molar-refractivity contribution is -0.236. The van der Waals surface area contributed by atoms with Gasteiger partial charge < -0.3 is 18.6 Å². The molecular weight excluding hydrogens is 460 g/mol. The monoisotopic (exact) mass is 498 g/mol. The zero-order chi connectivity index (χ0) is 26.3. The molecule has 5 aliphatic rings. The third-order valence-corrected chi connectivity index (χ3v) is 10.3. The minimum Gasteiger partial charge on any atom is -0.472 e. The van der Waals surface area contributed by atoms with Gasteiger partial charge in [0, 0.05) is 28.7 Å². The van der Waals surface area contributed by atoms with Crippen molar-refractivity contribution in [3.05, 3.63) is 36.3 Å². The van der Waals surface area contributed by atoms with Crippen LogP contribution in [0.5, 0.6) is 0 Å². The van der Waals surface area contributed by atoms with Gasteiger partial charge in [0.1, 0.15) is 17.8 Å². The van der Waals surface area contributed by atoms with Crippen LogP contribution in [0.3, 0.4) is 0 Å². The van der Waals surface area contributed by atoms with Gasteiger partial charge in [0.05, 0.1) is 12.5 Å². The molecule has 3 heterocycles. The van der Waals surface area contributed by atoms with E-state index in [1.54, 1.807) is 18.6 Å². The molecule has 1 unspecified atom stereocenters. The summed E-state index contributed by atoms with van der Waals surface area (Å²) in [5, 5.41) is 0. The van der Waals surface area contributed by atoms with Crippen molar-refractivity contribution in [3.8, 4) is 0 Å². The predicted molar refractivity (Wildman–Crippen MR) is 131 cm³/mol. The van der Waals surface area contributed by atoms with Crippen LogP contribution in [0.25, 0.3) is 0 Å². The van der Waals surface area contributed by atoms with Crippen LogP contribution >= 0.6 is 0 Å². The van der Waals surface area contributed by atoms with Crippen molar-refractivity contribution in [1.29, 1.82) is 0 Å². The molecule has 0 N–H and O–H groups in total. The third-order valence-electron chi connectivity index (χ3n) is 10.3. The summed E-state index contributed by atoms with van der Waals surface area (Å²) in [6.07, 6.45) is 7.53. The van der Waals surface area contributed by atoms with Crippen molar-refractivity contribution in [3.63, 3.8) is 0 Å². The van der Waals surface area contributed by atoms with E-state index in [-0.39, 0.29) is 35.5 Å². The summed E-state index contributed by atoms with van der Waals surface area (Å²) in [6, 6.07) is 1.84. The fraction of sp³-hybridized carbons (Fsp3) is 0.690. The molecule has 0 amide bonds. The smallest absolute Gasteiger partial charge is 0.339 e. The number of furan rings is 1. The van der Waals surface area contributed by atoms with Gasteiger partial charge in [0.2, 0.25) is 0 Å². The van der Waals surface area contributed by atoms with Gasteiger partial charge in [-0.1, -0.05) is 47.6 Å². The molecule has 0 aromatic carbocycles. The largest absolute Gasteiger partial charge is 0.472 e. The first-order chi connectivity index (χ1) is 17.0. The van der Waals surface area contributed by atoms with Gasteiger partial charge >= 0.3 is 11.9 Å². The zero-order valence-electron chi connectivity index (χ0n) is 22.3. The van der Waals surface area contributed by atoms with Crippen LogP contribution in [-0.2, 0) is 28.6 Å². The molecule has 7 heteroatoms. The van der Waals surface area contributed by atoms with Gasteiger partial charge in [-0.3, -0.25) is 9.59 Å². The quantitative estimate of drug-likeness (QED) is 0.409. The second-order valence-electron chi connectivity index (χ2n) is 11.9. The van der Waals surface area contributed by atoms with E-state index in [2.05, 4.69) is 19.9 Å². The first-order valence-corrected chi connectivity index (χ1v) is 13.3. The maximum atomic E-state index is 13.2. The average molecular weight is 499 g/mol. The molecule has 2 saturated heterocycles. The van der Waals surface area contributed by atoms with Gasteiger partial charge in [-0.2, -0.15) is 0 Å². The fourth-order valence-corrected chi connectivity index (χ4v) is 8.53. The first-order valence-electron chi connectivity index (χ1n) is 13.3. The summed E-state index contributed by atoms with van der Waals surface area (Å²) in [6.45, 7) is 13.7. The lowest BCUT2D eigenvalue weighted by Gasteiger charge is -2.65. The Hall–Kier alpha value is -2.41. The summed E-state index contributed by atoms with van der Waals surface area (Å²) >= 11 is 0. The molecule has 2 aliphatic heterocycles. The number of carbonyl (C=O) groups is 3. The van der Waals surface area contributed by atoms with E-state index in [1.165, 1.54) is 6.92 Å². The number of carbonyl (C=O) groups excluding carboxylic acids is 3. The topological polar surface area (TPSA) is 95.3 Å². The fourth-order valence-electron chi connectivity index (χ4n) is 8.53. The van der Waals surface area contributed by atoms with Crippen molar-refractivity contribution < 1.29 is 33.0 Å². The Morgan fingerprint density at radius 1 is 1.08 bits per heavy atom. The van der Waals surface area contributed by atoms with Gasteiger partial charge in [0.25, 0.3) is 0 Å². The zero-order valence-corrected chi connectivity index (χ0v) is 22.3. The molecule has 4 fully saturated rings. The number of fused-ring (bicyclic) bond motifs is 3. The van der Waals surface area contributed by atoms with Crippen LogP contribution in [0, 0.1) is 34.0 Å². The Morgan fingerprint density at radius 2 is 1.81 bits per heavy atom. The standard InChI is InChI=1S/C27H32O7.C2H6/c1-14(28)32-20-12-18-16(6-7-19(29)24(18,2)3)17-8-10-25(4)21(15-9-11-31-13-15)33-23(30)22-27(25,34-22)26(17,20)5;1-2/h6-7,9,11,13,16-18,20-22H,8,10,12H2,1-5H3;1-2H3/t16?,17-,18-,20-,21+,22-,25+,26+,27-;/m1./s1. The van der Waals surface area contributed by atoms with E-state index in [4.69, 9.17) is 18.6 Å². The number of esters is 2. The summed E-state index contributed by atoms with van der Waals surface area (Å²) in [5.41, 5.74) is -1.71. The van der Waals surface area contributed by atoms with Crippen molar-refractivity contribution in [1.82, 2.24) is 0 Å². The molecule has 196 valence electrons. The highest BCUT2D eigenvalue weighted by atomic mass is 16.7. The summed E-state index contributed by atoms with van der Waals surface area (Å²) in [5.74, 6) is -0.342. The van der Waals surface area contributed by atoms with Crippen molar-refractivity contribution in [2.45, 2.75) is 91.6 Å². The van der Waals surface area contributed by atoms with E-state index in [1.807, 2.05) is 33.8 Å². The molecule has 6 rings (SSSR count). The van der Waals surface area contributed by atoms with Gasteiger partial charge in [-0.25, -0.2) is 4.79 Å².